The lowest BCUT2D eigenvalue weighted by Crippen LogP contribution is -2.02. The van der Waals surface area contributed by atoms with Crippen molar-refractivity contribution in [2.24, 2.45) is 0 Å². The molecule has 10 rings (SSSR count). The molecule has 224 valence electrons. The van der Waals surface area contributed by atoms with Gasteiger partial charge in [-0.1, -0.05) is 115 Å². The van der Waals surface area contributed by atoms with Gasteiger partial charge in [0.25, 0.3) is 0 Å². The number of hydrogen-bond donors (Lipinski definition) is 0. The van der Waals surface area contributed by atoms with Crippen LogP contribution in [0.1, 0.15) is 0 Å². The van der Waals surface area contributed by atoms with Gasteiger partial charge in [-0.3, -0.25) is 0 Å². The van der Waals surface area contributed by atoms with Gasteiger partial charge in [0.1, 0.15) is 22.3 Å². The van der Waals surface area contributed by atoms with Crippen LogP contribution < -0.4 is 0 Å². The number of aromatic nitrogens is 3. The highest BCUT2D eigenvalue weighted by Crippen LogP contribution is 2.43. The second kappa shape index (κ2) is 10.5. The molecule has 3 heterocycles. The van der Waals surface area contributed by atoms with E-state index in [1.807, 2.05) is 78.9 Å². The maximum absolute atomic E-state index is 6.42. The molecule has 0 bridgehead atoms. The molecule has 0 amide bonds. The van der Waals surface area contributed by atoms with E-state index in [2.05, 4.69) is 72.8 Å². The second-order valence-corrected chi connectivity index (χ2v) is 12.0. The molecule has 48 heavy (non-hydrogen) atoms. The van der Waals surface area contributed by atoms with Crippen molar-refractivity contribution in [2.75, 3.05) is 0 Å². The van der Waals surface area contributed by atoms with Gasteiger partial charge in [-0.05, 0) is 58.3 Å². The standard InChI is InChI=1S/C43H25N3O2/c1-2-12-27(13-3-1)41-44-42(33-17-10-20-36-38(33)31-15-6-8-18-34(31)47-36)46-43(45-41)40-30(29-22-21-26-11-4-5-14-28(26)25-29)23-24-37-39(40)32-16-7-9-19-35(32)48-37/h1-25H. The van der Waals surface area contributed by atoms with Crippen molar-refractivity contribution in [3.8, 4) is 45.3 Å². The van der Waals surface area contributed by atoms with Gasteiger partial charge in [-0.15, -0.1) is 0 Å². The van der Waals surface area contributed by atoms with Crippen LogP contribution in [0.3, 0.4) is 0 Å². The Morgan fingerprint density at radius 2 is 0.979 bits per heavy atom. The summed E-state index contributed by atoms with van der Waals surface area (Å²) in [7, 11) is 0. The highest BCUT2D eigenvalue weighted by atomic mass is 16.3. The van der Waals surface area contributed by atoms with E-state index in [9.17, 15) is 0 Å². The first-order chi connectivity index (χ1) is 23.8. The van der Waals surface area contributed by atoms with Crippen LogP contribution in [-0.4, -0.2) is 15.0 Å². The summed E-state index contributed by atoms with van der Waals surface area (Å²) in [5.74, 6) is 1.74. The lowest BCUT2D eigenvalue weighted by molar-refractivity contribution is 0.668. The first-order valence-corrected chi connectivity index (χ1v) is 15.9. The van der Waals surface area contributed by atoms with Gasteiger partial charge in [0.2, 0.25) is 0 Å². The molecule has 0 N–H and O–H groups in total. The molecule has 0 radical (unpaired) electrons. The molecular formula is C43H25N3O2. The Hall–Kier alpha value is -6.59. The highest BCUT2D eigenvalue weighted by Gasteiger charge is 2.23. The zero-order chi connectivity index (χ0) is 31.6. The van der Waals surface area contributed by atoms with Crippen LogP contribution in [0.2, 0.25) is 0 Å². The predicted molar refractivity (Wildman–Crippen MR) is 194 cm³/mol. The van der Waals surface area contributed by atoms with Gasteiger partial charge in [0, 0.05) is 38.2 Å². The molecule has 0 aliphatic heterocycles. The zero-order valence-electron chi connectivity index (χ0n) is 25.6. The lowest BCUT2D eigenvalue weighted by atomic mass is 9.93. The van der Waals surface area contributed by atoms with Crippen molar-refractivity contribution < 1.29 is 8.83 Å². The van der Waals surface area contributed by atoms with E-state index in [-0.39, 0.29) is 0 Å². The molecule has 0 unspecified atom stereocenters. The fourth-order valence-corrected chi connectivity index (χ4v) is 6.93. The molecular weight excluding hydrogens is 590 g/mol. The van der Waals surface area contributed by atoms with E-state index in [1.54, 1.807) is 0 Å². The minimum atomic E-state index is 0.573. The number of furan rings is 2. The Kier molecular flexibility index (Phi) is 5.81. The summed E-state index contributed by atoms with van der Waals surface area (Å²) in [6.07, 6.45) is 0. The summed E-state index contributed by atoms with van der Waals surface area (Å²) < 4.78 is 12.7. The highest BCUT2D eigenvalue weighted by molar-refractivity contribution is 6.16. The van der Waals surface area contributed by atoms with Crippen LogP contribution in [0, 0.1) is 0 Å². The molecule has 5 nitrogen and oxygen atoms in total. The number of hydrogen-bond acceptors (Lipinski definition) is 5. The topological polar surface area (TPSA) is 65.0 Å². The largest absolute Gasteiger partial charge is 0.456 e. The zero-order valence-corrected chi connectivity index (χ0v) is 25.6. The number of fused-ring (bicyclic) bond motifs is 7. The molecule has 5 heteroatoms. The van der Waals surface area contributed by atoms with Crippen molar-refractivity contribution >= 4 is 54.6 Å². The van der Waals surface area contributed by atoms with Crippen LogP contribution in [-0.2, 0) is 0 Å². The van der Waals surface area contributed by atoms with Crippen LogP contribution >= 0.6 is 0 Å². The summed E-state index contributed by atoms with van der Waals surface area (Å²) in [6, 6.07) is 51.6. The summed E-state index contributed by atoms with van der Waals surface area (Å²) in [4.78, 5) is 15.7. The van der Waals surface area contributed by atoms with E-state index in [1.165, 1.54) is 5.39 Å². The normalized spacial score (nSPS) is 11.8. The van der Waals surface area contributed by atoms with E-state index in [4.69, 9.17) is 23.8 Å². The maximum atomic E-state index is 6.42. The van der Waals surface area contributed by atoms with Crippen molar-refractivity contribution in [2.45, 2.75) is 0 Å². The number of para-hydroxylation sites is 2. The molecule has 0 aliphatic carbocycles. The van der Waals surface area contributed by atoms with E-state index in [0.29, 0.717) is 17.5 Å². The van der Waals surface area contributed by atoms with Crippen LogP contribution in [0.5, 0.6) is 0 Å². The maximum Gasteiger partial charge on any atom is 0.165 e. The van der Waals surface area contributed by atoms with Crippen molar-refractivity contribution in [1.82, 2.24) is 15.0 Å². The minimum absolute atomic E-state index is 0.573. The SMILES string of the molecule is c1ccc(-c2nc(-c3cccc4oc5ccccc5c34)nc(-c3c(-c4ccc5ccccc5c4)ccc4oc5ccccc5c34)n2)cc1. The monoisotopic (exact) mass is 615 g/mol. The summed E-state index contributed by atoms with van der Waals surface area (Å²) in [6.45, 7) is 0. The third kappa shape index (κ3) is 4.15. The molecule has 7 aromatic carbocycles. The predicted octanol–water partition coefficient (Wildman–Crippen LogP) is 11.5. The molecule has 0 saturated carbocycles. The minimum Gasteiger partial charge on any atom is -0.456 e. The molecule has 0 fully saturated rings. The quantitative estimate of drug-likeness (QED) is 0.197. The first-order valence-electron chi connectivity index (χ1n) is 15.9. The lowest BCUT2D eigenvalue weighted by Gasteiger charge is -2.14. The fourth-order valence-electron chi connectivity index (χ4n) is 6.93. The third-order valence-electron chi connectivity index (χ3n) is 9.14. The van der Waals surface area contributed by atoms with Gasteiger partial charge in [0.05, 0.1) is 0 Å². The smallest absolute Gasteiger partial charge is 0.165 e. The molecule has 10 aromatic rings. The van der Waals surface area contributed by atoms with E-state index >= 15 is 0 Å². The summed E-state index contributed by atoms with van der Waals surface area (Å²) in [5.41, 5.74) is 7.99. The second-order valence-electron chi connectivity index (χ2n) is 12.0. The Balaban J connectivity index is 1.33. The fraction of sp³-hybridized carbons (Fsp3) is 0. The van der Waals surface area contributed by atoms with Crippen molar-refractivity contribution in [3.05, 3.63) is 152 Å². The van der Waals surface area contributed by atoms with Crippen LogP contribution in [0.4, 0.5) is 0 Å². The molecule has 0 saturated heterocycles. The Morgan fingerprint density at radius 3 is 1.79 bits per heavy atom. The Morgan fingerprint density at radius 1 is 0.354 bits per heavy atom. The van der Waals surface area contributed by atoms with Gasteiger partial charge in [-0.2, -0.15) is 0 Å². The summed E-state index contributed by atoms with van der Waals surface area (Å²) >= 11 is 0. The van der Waals surface area contributed by atoms with E-state index in [0.717, 1.165) is 77.1 Å². The van der Waals surface area contributed by atoms with Crippen LogP contribution in [0.15, 0.2) is 160 Å². The molecule has 3 aromatic heterocycles. The molecule has 0 atom stereocenters. The van der Waals surface area contributed by atoms with E-state index < -0.39 is 0 Å². The van der Waals surface area contributed by atoms with Gasteiger partial charge in [0.15, 0.2) is 17.5 Å². The van der Waals surface area contributed by atoms with Gasteiger partial charge < -0.3 is 8.83 Å². The molecule has 0 aliphatic rings. The third-order valence-corrected chi connectivity index (χ3v) is 9.14. The summed E-state index contributed by atoms with van der Waals surface area (Å²) in [5, 5.41) is 6.33. The Labute approximate surface area is 274 Å². The number of nitrogens with zero attached hydrogens (tertiary/aromatic N) is 3. The number of rotatable bonds is 4. The van der Waals surface area contributed by atoms with Crippen molar-refractivity contribution in [1.29, 1.82) is 0 Å². The van der Waals surface area contributed by atoms with Gasteiger partial charge >= 0.3 is 0 Å². The van der Waals surface area contributed by atoms with Crippen molar-refractivity contribution in [3.63, 3.8) is 0 Å². The number of benzene rings is 7. The first kappa shape index (κ1) is 26.6. The van der Waals surface area contributed by atoms with Crippen LogP contribution in [0.25, 0.3) is 99.9 Å². The average Bonchev–Trinajstić information content (AvgIpc) is 3.73. The van der Waals surface area contributed by atoms with Gasteiger partial charge in [-0.25, -0.2) is 15.0 Å². The molecule has 0 spiro atoms. The Bertz CT molecular complexity index is 2850. The average molecular weight is 616 g/mol.